The topological polar surface area (TPSA) is 52.8 Å². The third-order valence-corrected chi connectivity index (χ3v) is 9.66. The predicted octanol–water partition coefficient (Wildman–Crippen LogP) is 4.71. The van der Waals surface area contributed by atoms with Crippen LogP contribution in [0.5, 0.6) is 0 Å². The molecule has 0 aromatic rings. The summed E-state index contributed by atoms with van der Waals surface area (Å²) in [6.45, 7) is 10.2. The van der Waals surface area contributed by atoms with Gasteiger partial charge in [-0.2, -0.15) is 0 Å². The zero-order chi connectivity index (χ0) is 19.8. The van der Waals surface area contributed by atoms with E-state index in [0.717, 1.165) is 32.1 Å². The van der Waals surface area contributed by atoms with Crippen molar-refractivity contribution in [3.63, 3.8) is 0 Å². The van der Waals surface area contributed by atoms with Crippen molar-refractivity contribution in [1.29, 1.82) is 0 Å². The summed E-state index contributed by atoms with van der Waals surface area (Å²) in [6, 6.07) is 0. The van der Waals surface area contributed by atoms with Gasteiger partial charge in [-0.25, -0.2) is 0 Å². The third-order valence-electron chi connectivity index (χ3n) is 7.46. The standard InChI is InChI=1S/C22H40O5Si/c1-5-12-23-28(4,24-13-6-2)27-22(7-3,16-8-10-18-20(14-16)25-18)17-9-11-19-21(15-17)26-19/h16-21H,5-15H2,1-4H3. The number of rotatable bonds is 11. The summed E-state index contributed by atoms with van der Waals surface area (Å²) >= 11 is 0. The highest BCUT2D eigenvalue weighted by Gasteiger charge is 2.59. The van der Waals surface area contributed by atoms with Gasteiger partial charge in [0.2, 0.25) is 0 Å². The molecule has 2 saturated heterocycles. The molecule has 0 amide bonds. The van der Waals surface area contributed by atoms with Crippen LogP contribution in [-0.2, 0) is 22.8 Å². The molecule has 2 aliphatic heterocycles. The van der Waals surface area contributed by atoms with Crippen LogP contribution in [0.2, 0.25) is 6.55 Å². The van der Waals surface area contributed by atoms with Crippen LogP contribution in [0.4, 0.5) is 0 Å². The predicted molar refractivity (Wildman–Crippen MR) is 110 cm³/mol. The zero-order valence-electron chi connectivity index (χ0n) is 18.3. The molecule has 0 bridgehead atoms. The molecule has 6 atom stereocenters. The Morgan fingerprint density at radius 1 is 0.786 bits per heavy atom. The quantitative estimate of drug-likeness (QED) is 0.363. The average molecular weight is 413 g/mol. The van der Waals surface area contributed by atoms with E-state index < -0.39 is 8.80 Å². The molecule has 0 aromatic carbocycles. The molecular formula is C22H40O5Si. The maximum atomic E-state index is 7.18. The number of hydrogen-bond acceptors (Lipinski definition) is 5. The fourth-order valence-corrected chi connectivity index (χ4v) is 8.39. The highest BCUT2D eigenvalue weighted by molar-refractivity contribution is 6.59. The fourth-order valence-electron chi connectivity index (χ4n) is 5.87. The van der Waals surface area contributed by atoms with Crippen LogP contribution in [0.25, 0.3) is 0 Å². The Balaban J connectivity index is 1.58. The van der Waals surface area contributed by atoms with Gasteiger partial charge in [-0.05, 0) is 69.6 Å². The summed E-state index contributed by atoms with van der Waals surface area (Å²) in [4.78, 5) is 0. The summed E-state index contributed by atoms with van der Waals surface area (Å²) in [5.41, 5.74) is -0.170. The van der Waals surface area contributed by atoms with Gasteiger partial charge in [-0.3, -0.25) is 0 Å². The lowest BCUT2D eigenvalue weighted by Crippen LogP contribution is -2.58. The van der Waals surface area contributed by atoms with E-state index in [2.05, 4.69) is 27.3 Å². The molecule has 0 aromatic heterocycles. The van der Waals surface area contributed by atoms with Gasteiger partial charge in [0, 0.05) is 19.8 Å². The van der Waals surface area contributed by atoms with E-state index in [1.54, 1.807) is 0 Å². The van der Waals surface area contributed by atoms with Gasteiger partial charge in [0.05, 0.1) is 30.0 Å². The van der Waals surface area contributed by atoms with Crippen molar-refractivity contribution in [2.24, 2.45) is 11.8 Å². The van der Waals surface area contributed by atoms with Crippen LogP contribution in [-0.4, -0.2) is 52.0 Å². The molecule has 0 spiro atoms. The van der Waals surface area contributed by atoms with Crippen molar-refractivity contribution in [3.8, 4) is 0 Å². The summed E-state index contributed by atoms with van der Waals surface area (Å²) in [6.07, 6.45) is 12.0. The molecule has 6 unspecified atom stereocenters. The number of fused-ring (bicyclic) bond motifs is 2. The van der Waals surface area contributed by atoms with E-state index in [1.807, 2.05) is 0 Å². The molecule has 0 N–H and O–H groups in total. The van der Waals surface area contributed by atoms with E-state index in [9.17, 15) is 0 Å². The molecule has 2 saturated carbocycles. The van der Waals surface area contributed by atoms with E-state index in [1.165, 1.54) is 25.7 Å². The average Bonchev–Trinajstić information content (AvgIpc) is 3.62. The van der Waals surface area contributed by atoms with Crippen LogP contribution in [0.3, 0.4) is 0 Å². The molecule has 5 nitrogen and oxygen atoms in total. The van der Waals surface area contributed by atoms with Crippen molar-refractivity contribution < 1.29 is 22.8 Å². The van der Waals surface area contributed by atoms with Crippen LogP contribution in [0.1, 0.15) is 78.6 Å². The van der Waals surface area contributed by atoms with Crippen molar-refractivity contribution in [1.82, 2.24) is 0 Å². The van der Waals surface area contributed by atoms with Crippen molar-refractivity contribution in [2.45, 2.75) is 115 Å². The molecule has 4 aliphatic rings. The van der Waals surface area contributed by atoms with Gasteiger partial charge in [0.25, 0.3) is 0 Å². The summed E-state index contributed by atoms with van der Waals surface area (Å²) in [5.74, 6) is 1.06. The number of epoxide rings is 2. The monoisotopic (exact) mass is 412 g/mol. The van der Waals surface area contributed by atoms with Crippen molar-refractivity contribution in [3.05, 3.63) is 0 Å². The highest BCUT2D eigenvalue weighted by Crippen LogP contribution is 2.54. The van der Waals surface area contributed by atoms with Crippen molar-refractivity contribution in [2.75, 3.05) is 13.2 Å². The minimum absolute atomic E-state index is 0.170. The largest absolute Gasteiger partial charge is 0.498 e. The minimum atomic E-state index is -2.71. The highest BCUT2D eigenvalue weighted by atomic mass is 28.4. The Labute approximate surface area is 172 Å². The Morgan fingerprint density at radius 3 is 1.68 bits per heavy atom. The lowest BCUT2D eigenvalue weighted by molar-refractivity contribution is -0.115. The fraction of sp³-hybridized carbons (Fsp3) is 1.00. The summed E-state index contributed by atoms with van der Waals surface area (Å²) in [7, 11) is -2.71. The van der Waals surface area contributed by atoms with Crippen molar-refractivity contribution >= 4 is 8.80 Å². The third kappa shape index (κ3) is 4.37. The van der Waals surface area contributed by atoms with Gasteiger partial charge in [-0.1, -0.05) is 20.8 Å². The molecule has 2 aliphatic carbocycles. The normalized spacial score (nSPS) is 39.0. The Morgan fingerprint density at radius 2 is 1.29 bits per heavy atom. The second-order valence-electron chi connectivity index (χ2n) is 9.42. The lowest BCUT2D eigenvalue weighted by Gasteiger charge is -2.50. The van der Waals surface area contributed by atoms with E-state index in [0.29, 0.717) is 49.5 Å². The van der Waals surface area contributed by atoms with E-state index in [4.69, 9.17) is 22.8 Å². The number of ether oxygens (including phenoxy) is 2. The molecule has 2 heterocycles. The SMILES string of the molecule is CCCO[Si](C)(OCCC)OC(CC)(C1CCC2OC2C1)C1CCC2OC2C1. The molecule has 4 fully saturated rings. The van der Waals surface area contributed by atoms with Gasteiger partial charge in [0.15, 0.2) is 0 Å². The van der Waals surface area contributed by atoms with Gasteiger partial charge >= 0.3 is 8.80 Å². The molecule has 0 radical (unpaired) electrons. The summed E-state index contributed by atoms with van der Waals surface area (Å²) in [5, 5.41) is 0. The maximum Gasteiger partial charge on any atom is 0.498 e. The summed E-state index contributed by atoms with van der Waals surface area (Å²) < 4.78 is 31.6. The van der Waals surface area contributed by atoms with Crippen LogP contribution in [0, 0.1) is 11.8 Å². The van der Waals surface area contributed by atoms with Gasteiger partial charge in [-0.15, -0.1) is 0 Å². The minimum Gasteiger partial charge on any atom is -0.374 e. The van der Waals surface area contributed by atoms with Crippen LogP contribution >= 0.6 is 0 Å². The first-order valence-electron chi connectivity index (χ1n) is 11.8. The van der Waals surface area contributed by atoms with Gasteiger partial charge < -0.3 is 22.8 Å². The zero-order valence-corrected chi connectivity index (χ0v) is 19.3. The first-order chi connectivity index (χ1) is 13.5. The molecule has 162 valence electrons. The van der Waals surface area contributed by atoms with Gasteiger partial charge in [0.1, 0.15) is 0 Å². The van der Waals surface area contributed by atoms with E-state index >= 15 is 0 Å². The molecule has 4 rings (SSSR count). The Hall–Kier alpha value is 0.0169. The Kier molecular flexibility index (Phi) is 6.56. The first-order valence-corrected chi connectivity index (χ1v) is 14.0. The number of hydrogen-bond donors (Lipinski definition) is 0. The van der Waals surface area contributed by atoms with E-state index in [-0.39, 0.29) is 5.60 Å². The lowest BCUT2D eigenvalue weighted by atomic mass is 9.65. The molecule has 6 heteroatoms. The van der Waals surface area contributed by atoms with Crippen LogP contribution < -0.4 is 0 Å². The maximum absolute atomic E-state index is 7.18. The molecule has 28 heavy (non-hydrogen) atoms. The Bertz CT molecular complexity index is 493. The smallest absolute Gasteiger partial charge is 0.374 e. The first kappa shape index (κ1) is 21.3. The van der Waals surface area contributed by atoms with Crippen LogP contribution in [0.15, 0.2) is 0 Å². The molecular weight excluding hydrogens is 372 g/mol. The second kappa shape index (κ2) is 8.64. The second-order valence-corrected chi connectivity index (χ2v) is 11.9.